The molecule has 3 N–H and O–H groups in total. The summed E-state index contributed by atoms with van der Waals surface area (Å²) in [6.45, 7) is 2.44. The van der Waals surface area contributed by atoms with Crippen LogP contribution < -0.4 is 15.8 Å². The summed E-state index contributed by atoms with van der Waals surface area (Å²) in [6.07, 6.45) is 1.04. The Bertz CT molecular complexity index is 659. The number of nitrogens with two attached hydrogens (primary N) is 1. The van der Waals surface area contributed by atoms with Crippen molar-refractivity contribution in [2.24, 2.45) is 0 Å². The maximum absolute atomic E-state index is 11.9. The van der Waals surface area contributed by atoms with Gasteiger partial charge in [0.05, 0.1) is 12.3 Å². The smallest absolute Gasteiger partial charge is 0.224 e. The first kappa shape index (κ1) is 16.4. The number of ether oxygens (including phenoxy) is 1. The Hall–Kier alpha value is -2.01. The predicted molar refractivity (Wildman–Crippen MR) is 93.1 cm³/mol. The summed E-state index contributed by atoms with van der Waals surface area (Å²) in [4.78, 5) is 11.9. The third-order valence-corrected chi connectivity index (χ3v) is 4.06. The first-order valence-corrected chi connectivity index (χ1v) is 7.89. The lowest BCUT2D eigenvalue weighted by Crippen LogP contribution is -2.13. The maximum Gasteiger partial charge on any atom is 0.224 e. The van der Waals surface area contributed by atoms with E-state index in [-0.39, 0.29) is 5.91 Å². The van der Waals surface area contributed by atoms with Gasteiger partial charge in [-0.05, 0) is 49.2 Å². The highest BCUT2D eigenvalue weighted by atomic mass is 79.9. The molecule has 0 spiro atoms. The SMILES string of the molecule is Cc1cc(NC(=O)CCCOc2ccccc2N)ccc1Br. The summed E-state index contributed by atoms with van der Waals surface area (Å²) in [6, 6.07) is 13.1. The number of para-hydroxylation sites is 2. The van der Waals surface area contributed by atoms with Crippen molar-refractivity contribution in [1.82, 2.24) is 0 Å². The van der Waals surface area contributed by atoms with Gasteiger partial charge in [0.2, 0.25) is 5.91 Å². The second kappa shape index (κ2) is 7.84. The monoisotopic (exact) mass is 362 g/mol. The van der Waals surface area contributed by atoms with E-state index in [0.29, 0.717) is 30.9 Å². The highest BCUT2D eigenvalue weighted by Gasteiger charge is 2.05. The summed E-state index contributed by atoms with van der Waals surface area (Å²) >= 11 is 3.44. The molecule has 2 rings (SSSR count). The normalized spacial score (nSPS) is 10.3. The Balaban J connectivity index is 1.74. The molecule has 0 fully saturated rings. The Morgan fingerprint density at radius 3 is 2.77 bits per heavy atom. The van der Waals surface area contributed by atoms with Crippen molar-refractivity contribution in [2.75, 3.05) is 17.7 Å². The van der Waals surface area contributed by atoms with E-state index < -0.39 is 0 Å². The van der Waals surface area contributed by atoms with Crippen LogP contribution in [-0.2, 0) is 4.79 Å². The van der Waals surface area contributed by atoms with Crippen molar-refractivity contribution >= 4 is 33.2 Å². The number of anilines is 2. The van der Waals surface area contributed by atoms with Crippen molar-refractivity contribution in [3.05, 3.63) is 52.5 Å². The van der Waals surface area contributed by atoms with Crippen LogP contribution in [0.25, 0.3) is 0 Å². The van der Waals surface area contributed by atoms with Gasteiger partial charge in [0.25, 0.3) is 0 Å². The van der Waals surface area contributed by atoms with Crippen LogP contribution in [0.3, 0.4) is 0 Å². The number of nitrogens with one attached hydrogen (secondary N) is 1. The Kier molecular flexibility index (Phi) is 5.83. The lowest BCUT2D eigenvalue weighted by molar-refractivity contribution is -0.116. The van der Waals surface area contributed by atoms with Crippen molar-refractivity contribution < 1.29 is 9.53 Å². The van der Waals surface area contributed by atoms with Gasteiger partial charge < -0.3 is 15.8 Å². The van der Waals surface area contributed by atoms with Gasteiger partial charge in [-0.25, -0.2) is 0 Å². The van der Waals surface area contributed by atoms with Gasteiger partial charge in [0, 0.05) is 16.6 Å². The molecule has 0 radical (unpaired) electrons. The number of rotatable bonds is 6. The van der Waals surface area contributed by atoms with Gasteiger partial charge in [-0.15, -0.1) is 0 Å². The number of aryl methyl sites for hydroxylation is 1. The molecule has 22 heavy (non-hydrogen) atoms. The Morgan fingerprint density at radius 2 is 2.05 bits per heavy atom. The van der Waals surface area contributed by atoms with E-state index in [2.05, 4.69) is 21.2 Å². The molecular formula is C17H19BrN2O2. The largest absolute Gasteiger partial charge is 0.491 e. The zero-order valence-electron chi connectivity index (χ0n) is 12.4. The van der Waals surface area contributed by atoms with Crippen LogP contribution in [0.4, 0.5) is 11.4 Å². The number of benzene rings is 2. The third-order valence-electron chi connectivity index (χ3n) is 3.17. The van der Waals surface area contributed by atoms with E-state index in [4.69, 9.17) is 10.5 Å². The number of carbonyl (C=O) groups excluding carboxylic acids is 1. The highest BCUT2D eigenvalue weighted by Crippen LogP contribution is 2.21. The quantitative estimate of drug-likeness (QED) is 0.599. The molecule has 0 atom stereocenters. The fourth-order valence-corrected chi connectivity index (χ4v) is 2.22. The Morgan fingerprint density at radius 1 is 1.27 bits per heavy atom. The van der Waals surface area contributed by atoms with Gasteiger partial charge in [0.1, 0.15) is 5.75 Å². The summed E-state index contributed by atoms with van der Waals surface area (Å²) in [5.74, 6) is 0.637. The van der Waals surface area contributed by atoms with Crippen molar-refractivity contribution in [1.29, 1.82) is 0 Å². The number of amides is 1. The van der Waals surface area contributed by atoms with Crippen LogP contribution in [0.15, 0.2) is 46.9 Å². The minimum absolute atomic E-state index is 0.0219. The van der Waals surface area contributed by atoms with Crippen LogP contribution in [0.2, 0.25) is 0 Å². The topological polar surface area (TPSA) is 64.3 Å². The summed E-state index contributed by atoms with van der Waals surface area (Å²) in [7, 11) is 0. The average molecular weight is 363 g/mol. The molecule has 2 aromatic rings. The molecule has 5 heteroatoms. The summed E-state index contributed by atoms with van der Waals surface area (Å²) in [5.41, 5.74) is 8.28. The van der Waals surface area contributed by atoms with E-state index in [9.17, 15) is 4.79 Å². The molecule has 0 aliphatic heterocycles. The van der Waals surface area contributed by atoms with Gasteiger partial charge in [0.15, 0.2) is 0 Å². The number of hydrogen-bond donors (Lipinski definition) is 2. The van der Waals surface area contributed by atoms with Crippen LogP contribution >= 0.6 is 15.9 Å². The summed E-state index contributed by atoms with van der Waals surface area (Å²) < 4.78 is 6.59. The molecule has 1 amide bonds. The predicted octanol–water partition coefficient (Wildman–Crippen LogP) is 4.14. The summed E-state index contributed by atoms with van der Waals surface area (Å²) in [5, 5.41) is 2.88. The lowest BCUT2D eigenvalue weighted by Gasteiger charge is -2.09. The molecule has 0 aliphatic rings. The zero-order valence-corrected chi connectivity index (χ0v) is 14.0. The molecule has 0 aliphatic carbocycles. The molecule has 0 saturated heterocycles. The third kappa shape index (κ3) is 4.77. The van der Waals surface area contributed by atoms with Gasteiger partial charge in [-0.3, -0.25) is 4.79 Å². The van der Waals surface area contributed by atoms with Crippen molar-refractivity contribution in [2.45, 2.75) is 19.8 Å². The standard InChI is InChI=1S/C17H19BrN2O2/c1-12-11-13(8-9-14(12)18)20-17(21)7-4-10-22-16-6-3-2-5-15(16)19/h2-3,5-6,8-9,11H,4,7,10,19H2,1H3,(H,20,21). The molecule has 4 nitrogen and oxygen atoms in total. The van der Waals surface area contributed by atoms with Crippen LogP contribution in [0.1, 0.15) is 18.4 Å². The van der Waals surface area contributed by atoms with Crippen LogP contribution in [-0.4, -0.2) is 12.5 Å². The van der Waals surface area contributed by atoms with E-state index in [1.54, 1.807) is 6.07 Å². The zero-order chi connectivity index (χ0) is 15.9. The van der Waals surface area contributed by atoms with Gasteiger partial charge in [-0.2, -0.15) is 0 Å². The molecule has 116 valence electrons. The highest BCUT2D eigenvalue weighted by molar-refractivity contribution is 9.10. The second-order valence-corrected chi connectivity index (χ2v) is 5.86. The number of carbonyl (C=O) groups is 1. The van der Waals surface area contributed by atoms with Crippen LogP contribution in [0.5, 0.6) is 5.75 Å². The number of nitrogen functional groups attached to an aromatic ring is 1. The molecular weight excluding hydrogens is 344 g/mol. The number of hydrogen-bond acceptors (Lipinski definition) is 3. The first-order chi connectivity index (χ1) is 10.6. The molecule has 0 saturated carbocycles. The minimum atomic E-state index is -0.0219. The minimum Gasteiger partial charge on any atom is -0.491 e. The van der Waals surface area contributed by atoms with Gasteiger partial charge in [-0.1, -0.05) is 28.1 Å². The van der Waals surface area contributed by atoms with E-state index in [0.717, 1.165) is 15.7 Å². The van der Waals surface area contributed by atoms with E-state index in [1.165, 1.54) is 0 Å². The fourth-order valence-electron chi connectivity index (χ4n) is 1.97. The maximum atomic E-state index is 11.9. The Labute approximate surface area is 138 Å². The van der Waals surface area contributed by atoms with Crippen molar-refractivity contribution in [3.8, 4) is 5.75 Å². The molecule has 2 aromatic carbocycles. The fraction of sp³-hybridized carbons (Fsp3) is 0.235. The van der Waals surface area contributed by atoms with Gasteiger partial charge >= 0.3 is 0 Å². The second-order valence-electron chi connectivity index (χ2n) is 5.00. The lowest BCUT2D eigenvalue weighted by atomic mass is 10.2. The van der Waals surface area contributed by atoms with Crippen molar-refractivity contribution in [3.63, 3.8) is 0 Å². The molecule has 0 unspecified atom stereocenters. The van der Waals surface area contributed by atoms with E-state index >= 15 is 0 Å². The molecule has 0 bridgehead atoms. The van der Waals surface area contributed by atoms with Crippen LogP contribution in [0, 0.1) is 6.92 Å². The average Bonchev–Trinajstić information content (AvgIpc) is 2.49. The molecule has 0 aromatic heterocycles. The van der Waals surface area contributed by atoms with E-state index in [1.807, 2.05) is 43.3 Å². The molecule has 0 heterocycles. The number of halogens is 1. The first-order valence-electron chi connectivity index (χ1n) is 7.09.